The van der Waals surface area contributed by atoms with E-state index in [2.05, 4.69) is 24.5 Å². The minimum absolute atomic E-state index is 0.101. The fraction of sp³-hybridized carbons (Fsp3) is 0.452. The van der Waals surface area contributed by atoms with Crippen molar-refractivity contribution in [1.29, 1.82) is 0 Å². The van der Waals surface area contributed by atoms with Crippen LogP contribution in [0.4, 0.5) is 16.2 Å². The molecule has 0 fully saturated rings. The zero-order valence-electron chi connectivity index (χ0n) is 34.8. The van der Waals surface area contributed by atoms with Crippen LogP contribution in [-0.2, 0) is 32.2 Å². The zero-order chi connectivity index (χ0) is 42.2. The summed E-state index contributed by atoms with van der Waals surface area (Å²) in [6.07, 6.45) is 0.898. The fourth-order valence-electron chi connectivity index (χ4n) is 3.99. The molecule has 10 nitrogen and oxygen atoms in total. The quantitative estimate of drug-likeness (QED) is 0.234. The van der Waals surface area contributed by atoms with Gasteiger partial charge in [-0.15, -0.1) is 0 Å². The Morgan fingerprint density at radius 2 is 1.26 bits per heavy atom. The van der Waals surface area contributed by atoms with Gasteiger partial charge in [0.1, 0.15) is 19.2 Å². The molecule has 298 valence electrons. The first-order valence-electron chi connectivity index (χ1n) is 17.8. The molecule has 0 bridgehead atoms. The van der Waals surface area contributed by atoms with E-state index in [1.807, 2.05) is 149 Å². The standard InChI is InChI=1S/C26H28ClN3O2.C7H15NO2.C3H8.2C2H6.2CH2O/c1-18-14-25(29(3)4)23(26(32)28-16-20-8-6-5-7-9-20)15-24(18)30(19(2)31)17-21-10-12-22(27)13-11-21;1-5-8-6(9)10-7(2,3)4;1-3-2;4*1-2/h5-15H,16-17H2,1-4H3,(H,28,32);5H2,1-4H3,(H,8,9);3H2,1-2H3;2*1-2H3;2*1H2. The summed E-state index contributed by atoms with van der Waals surface area (Å²) in [5.74, 6) is -0.287. The number of carbonyl (C=O) groups is 5. The maximum absolute atomic E-state index is 13.1. The number of alkyl carbamates (subject to hydrolysis) is 1. The largest absolute Gasteiger partial charge is 0.444 e. The summed E-state index contributed by atoms with van der Waals surface area (Å²) in [6, 6.07) is 20.9. The zero-order valence-corrected chi connectivity index (χ0v) is 35.6. The number of amides is 3. The maximum atomic E-state index is 13.1. The van der Waals surface area contributed by atoms with Gasteiger partial charge in [0.05, 0.1) is 12.1 Å². The van der Waals surface area contributed by atoms with Gasteiger partial charge in [0.15, 0.2) is 0 Å². The third kappa shape index (κ3) is 25.0. The van der Waals surface area contributed by atoms with Crippen LogP contribution in [0.2, 0.25) is 5.02 Å². The normalized spacial score (nSPS) is 9.11. The minimum Gasteiger partial charge on any atom is -0.444 e. The van der Waals surface area contributed by atoms with Gasteiger partial charge in [-0.25, -0.2) is 4.79 Å². The van der Waals surface area contributed by atoms with Crippen molar-refractivity contribution >= 4 is 54.5 Å². The molecule has 0 atom stereocenters. The lowest BCUT2D eigenvalue weighted by atomic mass is 10.0. The van der Waals surface area contributed by atoms with Crippen molar-refractivity contribution in [2.24, 2.45) is 0 Å². The monoisotopic (exact) mass is 758 g/mol. The molecule has 0 saturated heterocycles. The molecule has 3 amide bonds. The van der Waals surface area contributed by atoms with E-state index in [0.29, 0.717) is 35.9 Å². The highest BCUT2D eigenvalue weighted by molar-refractivity contribution is 6.30. The second kappa shape index (κ2) is 33.2. The SMILES string of the molecule is C=O.C=O.CC.CC.CC(=O)N(Cc1ccc(Cl)cc1)c1cc(C(=O)NCc2ccccc2)c(N(C)C)cc1C.CCC.CCNC(=O)OC(C)(C)C. The summed E-state index contributed by atoms with van der Waals surface area (Å²) in [6.45, 7) is 28.5. The molecule has 11 heteroatoms. The van der Waals surface area contributed by atoms with E-state index < -0.39 is 0 Å². The van der Waals surface area contributed by atoms with Crippen LogP contribution < -0.4 is 20.4 Å². The van der Waals surface area contributed by atoms with Gasteiger partial charge in [0, 0.05) is 50.5 Å². The highest BCUT2D eigenvalue weighted by Crippen LogP contribution is 2.31. The Hall–Kier alpha value is -4.70. The Morgan fingerprint density at radius 1 is 0.774 bits per heavy atom. The number of hydrogen-bond donors (Lipinski definition) is 2. The molecule has 0 spiro atoms. The van der Waals surface area contributed by atoms with Gasteiger partial charge in [-0.1, -0.05) is 102 Å². The summed E-state index contributed by atoms with van der Waals surface area (Å²) in [5, 5.41) is 6.18. The van der Waals surface area contributed by atoms with Gasteiger partial charge in [-0.05, 0) is 75.6 Å². The molecule has 0 unspecified atom stereocenters. The number of rotatable bonds is 8. The summed E-state index contributed by atoms with van der Waals surface area (Å²) < 4.78 is 4.93. The molecular weight excluding hydrogens is 692 g/mol. The fourth-order valence-corrected chi connectivity index (χ4v) is 4.12. The molecule has 0 saturated carbocycles. The lowest BCUT2D eigenvalue weighted by Crippen LogP contribution is -2.32. The number of carbonyl (C=O) groups excluding carboxylic acids is 5. The predicted molar refractivity (Wildman–Crippen MR) is 224 cm³/mol. The van der Waals surface area contributed by atoms with Crippen LogP contribution in [0.1, 0.15) is 110 Å². The maximum Gasteiger partial charge on any atom is 0.407 e. The van der Waals surface area contributed by atoms with E-state index in [1.165, 1.54) is 13.3 Å². The lowest BCUT2D eigenvalue weighted by molar-refractivity contribution is -0.116. The number of ether oxygens (including phenoxy) is 1. The number of halogens is 1. The van der Waals surface area contributed by atoms with Crippen LogP contribution >= 0.6 is 11.6 Å². The van der Waals surface area contributed by atoms with Gasteiger partial charge in [-0.3, -0.25) is 9.59 Å². The van der Waals surface area contributed by atoms with Crippen molar-refractivity contribution < 1.29 is 28.7 Å². The second-order valence-corrected chi connectivity index (χ2v) is 12.1. The number of benzene rings is 3. The molecular formula is C42H67ClN4O6. The van der Waals surface area contributed by atoms with Crippen LogP contribution in [0.25, 0.3) is 0 Å². The van der Waals surface area contributed by atoms with E-state index >= 15 is 0 Å². The van der Waals surface area contributed by atoms with Crippen LogP contribution in [0.5, 0.6) is 0 Å². The first kappa shape index (κ1) is 55.1. The number of nitrogens with one attached hydrogen (secondary N) is 2. The molecule has 0 aliphatic rings. The smallest absolute Gasteiger partial charge is 0.407 e. The van der Waals surface area contributed by atoms with Crippen LogP contribution in [0.3, 0.4) is 0 Å². The molecule has 0 radical (unpaired) electrons. The molecule has 0 aliphatic carbocycles. The van der Waals surface area contributed by atoms with E-state index in [1.54, 1.807) is 17.0 Å². The van der Waals surface area contributed by atoms with E-state index in [4.69, 9.17) is 25.9 Å². The van der Waals surface area contributed by atoms with Gasteiger partial charge in [0.25, 0.3) is 5.91 Å². The number of nitrogens with zero attached hydrogens (tertiary/aromatic N) is 2. The van der Waals surface area contributed by atoms with E-state index in [0.717, 1.165) is 22.4 Å². The first-order chi connectivity index (χ1) is 25.1. The van der Waals surface area contributed by atoms with Crippen molar-refractivity contribution in [1.82, 2.24) is 10.6 Å². The molecule has 0 aromatic heterocycles. The molecule has 3 aromatic rings. The third-order valence-corrected chi connectivity index (χ3v) is 6.23. The van der Waals surface area contributed by atoms with Gasteiger partial charge >= 0.3 is 6.09 Å². The number of hydrogen-bond acceptors (Lipinski definition) is 7. The average Bonchev–Trinajstić information content (AvgIpc) is 3.14. The molecule has 3 rings (SSSR count). The Labute approximate surface area is 325 Å². The summed E-state index contributed by atoms with van der Waals surface area (Å²) in [4.78, 5) is 56.0. The van der Waals surface area contributed by atoms with E-state index in [9.17, 15) is 14.4 Å². The van der Waals surface area contributed by atoms with Crippen molar-refractivity contribution in [3.05, 3.63) is 94.0 Å². The third-order valence-electron chi connectivity index (χ3n) is 5.98. The van der Waals surface area contributed by atoms with Crippen molar-refractivity contribution in [3.8, 4) is 0 Å². The average molecular weight is 759 g/mol. The topological polar surface area (TPSA) is 125 Å². The number of aryl methyl sites for hydroxylation is 1. The first-order valence-corrected chi connectivity index (χ1v) is 18.2. The molecule has 3 aromatic carbocycles. The second-order valence-electron chi connectivity index (χ2n) is 11.7. The minimum atomic E-state index is -0.390. The van der Waals surface area contributed by atoms with Crippen molar-refractivity contribution in [2.45, 2.75) is 108 Å². The van der Waals surface area contributed by atoms with Crippen molar-refractivity contribution in [3.63, 3.8) is 0 Å². The summed E-state index contributed by atoms with van der Waals surface area (Å²) in [5.41, 5.74) is 4.53. The Bertz CT molecular complexity index is 1390. The predicted octanol–water partition coefficient (Wildman–Crippen LogP) is 9.83. The Balaban J connectivity index is -0.000000477. The van der Waals surface area contributed by atoms with Crippen LogP contribution in [0, 0.1) is 6.92 Å². The summed E-state index contributed by atoms with van der Waals surface area (Å²) in [7, 11) is 3.80. The summed E-state index contributed by atoms with van der Waals surface area (Å²) >= 11 is 6.00. The van der Waals surface area contributed by atoms with Crippen LogP contribution in [0.15, 0.2) is 66.7 Å². The Morgan fingerprint density at radius 3 is 1.68 bits per heavy atom. The van der Waals surface area contributed by atoms with Gasteiger partial charge in [0.2, 0.25) is 5.91 Å². The van der Waals surface area contributed by atoms with Gasteiger partial charge < -0.3 is 34.8 Å². The van der Waals surface area contributed by atoms with Crippen LogP contribution in [-0.4, -0.2) is 57.7 Å². The lowest BCUT2D eigenvalue weighted by Gasteiger charge is -2.26. The highest BCUT2D eigenvalue weighted by Gasteiger charge is 2.21. The molecule has 2 N–H and O–H groups in total. The van der Waals surface area contributed by atoms with E-state index in [-0.39, 0.29) is 23.5 Å². The Kier molecular flexibility index (Phi) is 34.4. The molecule has 0 heterocycles. The molecule has 53 heavy (non-hydrogen) atoms. The van der Waals surface area contributed by atoms with Crippen molar-refractivity contribution in [2.75, 3.05) is 30.4 Å². The van der Waals surface area contributed by atoms with Gasteiger partial charge in [-0.2, -0.15) is 0 Å². The molecule has 0 aliphatic heterocycles. The number of anilines is 2. The highest BCUT2D eigenvalue weighted by atomic mass is 35.5.